The van der Waals surface area contributed by atoms with Crippen molar-refractivity contribution >= 4 is 17.7 Å². The van der Waals surface area contributed by atoms with Crippen LogP contribution in [-0.4, -0.2) is 31.5 Å². The summed E-state index contributed by atoms with van der Waals surface area (Å²) in [6, 6.07) is 5.76. The highest BCUT2D eigenvalue weighted by Crippen LogP contribution is 2.26. The maximum atomic E-state index is 12.4. The van der Waals surface area contributed by atoms with E-state index in [1.54, 1.807) is 36.8 Å². The fourth-order valence-corrected chi connectivity index (χ4v) is 2.72. The van der Waals surface area contributed by atoms with Gasteiger partial charge in [0.05, 0.1) is 17.6 Å². The molecule has 24 heavy (non-hydrogen) atoms. The van der Waals surface area contributed by atoms with Crippen LogP contribution in [0, 0.1) is 17.2 Å². The van der Waals surface area contributed by atoms with Gasteiger partial charge in [-0.25, -0.2) is 0 Å². The second-order valence-corrected chi connectivity index (χ2v) is 7.37. The van der Waals surface area contributed by atoms with E-state index in [1.165, 1.54) is 11.8 Å². The van der Waals surface area contributed by atoms with Crippen LogP contribution in [0.2, 0.25) is 0 Å². The Balaban J connectivity index is 2.09. The SMILES string of the molecule is CC(C)[C@@](C)(C#N)NC(=O)[C@H](C)Sc1nnc(-c2ccco2)n1C. The maximum absolute atomic E-state index is 12.4. The molecule has 0 spiro atoms. The highest BCUT2D eigenvalue weighted by Gasteiger charge is 2.32. The minimum Gasteiger partial charge on any atom is -0.461 e. The van der Waals surface area contributed by atoms with E-state index >= 15 is 0 Å². The monoisotopic (exact) mass is 347 g/mol. The summed E-state index contributed by atoms with van der Waals surface area (Å²) in [5.41, 5.74) is -0.898. The Hall–Kier alpha value is -2.27. The first kappa shape index (κ1) is 18.1. The number of furan rings is 1. The Labute approximate surface area is 145 Å². The summed E-state index contributed by atoms with van der Waals surface area (Å²) in [6.07, 6.45) is 1.57. The summed E-state index contributed by atoms with van der Waals surface area (Å²) in [5.74, 6) is 1.01. The Kier molecular flexibility index (Phi) is 5.34. The van der Waals surface area contributed by atoms with Crippen molar-refractivity contribution in [1.82, 2.24) is 20.1 Å². The van der Waals surface area contributed by atoms with Gasteiger partial charge in [-0.3, -0.25) is 4.79 Å². The molecule has 1 amide bonds. The topological polar surface area (TPSA) is 96.7 Å². The van der Waals surface area contributed by atoms with Crippen molar-refractivity contribution in [3.63, 3.8) is 0 Å². The van der Waals surface area contributed by atoms with Gasteiger partial charge in [-0.2, -0.15) is 5.26 Å². The van der Waals surface area contributed by atoms with Crippen LogP contribution < -0.4 is 5.32 Å². The molecule has 0 bridgehead atoms. The Morgan fingerprint density at radius 1 is 1.46 bits per heavy atom. The number of rotatable bonds is 6. The smallest absolute Gasteiger partial charge is 0.234 e. The normalized spacial score (nSPS) is 14.9. The second-order valence-electron chi connectivity index (χ2n) is 6.06. The molecule has 7 nitrogen and oxygen atoms in total. The van der Waals surface area contributed by atoms with E-state index in [2.05, 4.69) is 21.6 Å². The van der Waals surface area contributed by atoms with Crippen LogP contribution in [0.5, 0.6) is 0 Å². The van der Waals surface area contributed by atoms with E-state index in [-0.39, 0.29) is 11.8 Å². The van der Waals surface area contributed by atoms with Gasteiger partial charge >= 0.3 is 0 Å². The zero-order valence-corrected chi connectivity index (χ0v) is 15.2. The van der Waals surface area contributed by atoms with Crippen molar-refractivity contribution < 1.29 is 9.21 Å². The number of aromatic nitrogens is 3. The molecule has 1 N–H and O–H groups in total. The molecule has 0 radical (unpaired) electrons. The molecule has 2 aromatic rings. The van der Waals surface area contributed by atoms with Gasteiger partial charge in [0.1, 0.15) is 5.54 Å². The van der Waals surface area contributed by atoms with Crippen molar-refractivity contribution in [2.24, 2.45) is 13.0 Å². The molecule has 0 saturated carbocycles. The van der Waals surface area contributed by atoms with Gasteiger partial charge in [-0.1, -0.05) is 25.6 Å². The van der Waals surface area contributed by atoms with Crippen molar-refractivity contribution in [1.29, 1.82) is 5.26 Å². The zero-order valence-electron chi connectivity index (χ0n) is 14.4. The van der Waals surface area contributed by atoms with Crippen LogP contribution in [0.4, 0.5) is 0 Å². The van der Waals surface area contributed by atoms with Crippen LogP contribution in [0.1, 0.15) is 27.7 Å². The van der Waals surface area contributed by atoms with Crippen LogP contribution in [0.15, 0.2) is 28.0 Å². The number of carbonyl (C=O) groups excluding carboxylic acids is 1. The molecule has 8 heteroatoms. The minimum absolute atomic E-state index is 0.00373. The summed E-state index contributed by atoms with van der Waals surface area (Å²) < 4.78 is 7.10. The number of nitriles is 1. The van der Waals surface area contributed by atoms with Crippen molar-refractivity contribution in [2.75, 3.05) is 0 Å². The molecule has 0 fully saturated rings. The number of nitrogens with zero attached hydrogens (tertiary/aromatic N) is 4. The highest BCUT2D eigenvalue weighted by molar-refractivity contribution is 8.00. The van der Waals surface area contributed by atoms with Gasteiger partial charge in [0.15, 0.2) is 16.7 Å². The molecule has 128 valence electrons. The highest BCUT2D eigenvalue weighted by atomic mass is 32.2. The average Bonchev–Trinajstić information content (AvgIpc) is 3.17. The zero-order chi connectivity index (χ0) is 17.9. The number of amides is 1. The van der Waals surface area contributed by atoms with E-state index in [0.717, 1.165) is 0 Å². The third-order valence-corrected chi connectivity index (χ3v) is 5.13. The largest absolute Gasteiger partial charge is 0.461 e. The lowest BCUT2D eigenvalue weighted by Crippen LogP contribution is -2.51. The quantitative estimate of drug-likeness (QED) is 0.807. The summed E-state index contributed by atoms with van der Waals surface area (Å²) in [6.45, 7) is 7.31. The molecule has 0 aliphatic rings. The van der Waals surface area contributed by atoms with Gasteiger partial charge in [-0.15, -0.1) is 10.2 Å². The van der Waals surface area contributed by atoms with Gasteiger partial charge in [0.2, 0.25) is 5.91 Å². The molecule has 2 rings (SSSR count). The maximum Gasteiger partial charge on any atom is 0.234 e. The number of carbonyl (C=O) groups is 1. The standard InChI is InChI=1S/C16H21N5O2S/c1-10(2)16(4,9-17)18-14(22)11(3)24-15-20-19-13(21(15)5)12-7-6-8-23-12/h6-8,10-11H,1-5H3,(H,18,22)/t11-,16+/m0/s1. The number of thioether (sulfide) groups is 1. The molecular formula is C16H21N5O2S. The molecular weight excluding hydrogens is 326 g/mol. The molecule has 0 aromatic carbocycles. The van der Waals surface area contributed by atoms with E-state index in [0.29, 0.717) is 16.7 Å². The van der Waals surface area contributed by atoms with E-state index in [9.17, 15) is 10.1 Å². The Morgan fingerprint density at radius 2 is 2.17 bits per heavy atom. The van der Waals surface area contributed by atoms with Crippen molar-refractivity contribution in [3.05, 3.63) is 18.4 Å². The third-order valence-electron chi connectivity index (χ3n) is 4.00. The predicted molar refractivity (Wildman–Crippen MR) is 91.0 cm³/mol. The lowest BCUT2D eigenvalue weighted by Gasteiger charge is -2.28. The number of hydrogen-bond donors (Lipinski definition) is 1. The number of nitrogens with one attached hydrogen (secondary N) is 1. The molecule has 0 aliphatic heterocycles. The van der Waals surface area contributed by atoms with Crippen LogP contribution in [-0.2, 0) is 11.8 Å². The van der Waals surface area contributed by atoms with Crippen molar-refractivity contribution in [2.45, 2.75) is 43.6 Å². The Morgan fingerprint density at radius 3 is 2.71 bits per heavy atom. The molecule has 2 heterocycles. The van der Waals surface area contributed by atoms with Gasteiger partial charge in [0, 0.05) is 7.05 Å². The summed E-state index contributed by atoms with van der Waals surface area (Å²) in [5, 5.41) is 20.6. The van der Waals surface area contributed by atoms with Gasteiger partial charge in [-0.05, 0) is 31.9 Å². The second kappa shape index (κ2) is 7.09. The first-order chi connectivity index (χ1) is 11.3. The van der Waals surface area contributed by atoms with E-state index in [1.807, 2.05) is 20.9 Å². The van der Waals surface area contributed by atoms with E-state index in [4.69, 9.17) is 4.42 Å². The van der Waals surface area contributed by atoms with E-state index < -0.39 is 10.8 Å². The van der Waals surface area contributed by atoms with Crippen molar-refractivity contribution in [3.8, 4) is 17.7 Å². The van der Waals surface area contributed by atoms with Crippen LogP contribution in [0.25, 0.3) is 11.6 Å². The van der Waals surface area contributed by atoms with Gasteiger partial charge in [0.25, 0.3) is 0 Å². The minimum atomic E-state index is -0.898. The van der Waals surface area contributed by atoms with Crippen LogP contribution >= 0.6 is 11.8 Å². The molecule has 0 saturated heterocycles. The lowest BCUT2D eigenvalue weighted by molar-refractivity contribution is -0.121. The fraction of sp³-hybridized carbons (Fsp3) is 0.500. The molecule has 2 aromatic heterocycles. The molecule has 0 unspecified atom stereocenters. The average molecular weight is 347 g/mol. The van der Waals surface area contributed by atoms with Crippen LogP contribution in [0.3, 0.4) is 0 Å². The summed E-state index contributed by atoms with van der Waals surface area (Å²) in [4.78, 5) is 12.4. The summed E-state index contributed by atoms with van der Waals surface area (Å²) >= 11 is 1.29. The van der Waals surface area contributed by atoms with Gasteiger partial charge < -0.3 is 14.3 Å². The third kappa shape index (κ3) is 3.62. The lowest BCUT2D eigenvalue weighted by atomic mass is 9.90. The summed E-state index contributed by atoms with van der Waals surface area (Å²) in [7, 11) is 1.82. The predicted octanol–water partition coefficient (Wildman–Crippen LogP) is 2.61. The molecule has 0 aliphatic carbocycles. The Bertz CT molecular complexity index is 747. The number of hydrogen-bond acceptors (Lipinski definition) is 6. The first-order valence-corrected chi connectivity index (χ1v) is 8.49. The first-order valence-electron chi connectivity index (χ1n) is 7.61. The molecule has 2 atom stereocenters. The fourth-order valence-electron chi connectivity index (χ4n) is 1.91.